The Kier molecular flexibility index (Phi) is 2.50. The van der Waals surface area contributed by atoms with E-state index in [0.29, 0.717) is 16.8 Å². The van der Waals surface area contributed by atoms with Crippen molar-refractivity contribution in [3.63, 3.8) is 0 Å². The summed E-state index contributed by atoms with van der Waals surface area (Å²) >= 11 is 4.53. The maximum atomic E-state index is 13.0. The van der Waals surface area contributed by atoms with Crippen LogP contribution in [0.5, 0.6) is 0 Å². The number of benzene rings is 1. The smallest absolute Gasteiger partial charge is 0.279 e. The first kappa shape index (κ1) is 11.4. The number of rotatable bonds is 0. The molecule has 0 unspecified atom stereocenters. The molecule has 0 radical (unpaired) electrons. The molecule has 0 saturated heterocycles. The van der Waals surface area contributed by atoms with Gasteiger partial charge in [-0.3, -0.25) is 14.7 Å². The zero-order valence-corrected chi connectivity index (χ0v) is 8.98. The van der Waals surface area contributed by atoms with E-state index >= 15 is 0 Å². The Morgan fingerprint density at radius 3 is 2.29 bits per heavy atom. The second kappa shape index (κ2) is 3.74. The van der Waals surface area contributed by atoms with Crippen LogP contribution in [0.15, 0.2) is 21.7 Å². The molecule has 0 saturated carbocycles. The molecule has 2 rings (SSSR count). The molecule has 5 nitrogen and oxygen atoms in total. The molecule has 0 atom stereocenters. The Labute approximate surface area is 97.4 Å². The lowest BCUT2D eigenvalue weighted by Crippen LogP contribution is -2.37. The van der Waals surface area contributed by atoms with Gasteiger partial charge in [-0.15, -0.1) is 0 Å². The first-order valence-corrected chi connectivity index (χ1v) is 4.76. The van der Waals surface area contributed by atoms with E-state index < -0.39 is 27.9 Å². The van der Waals surface area contributed by atoms with Crippen molar-refractivity contribution in [2.75, 3.05) is 0 Å². The maximum absolute atomic E-state index is 13.0. The Morgan fingerprint density at radius 2 is 1.76 bits per heavy atom. The van der Waals surface area contributed by atoms with E-state index in [4.69, 9.17) is 5.73 Å². The van der Waals surface area contributed by atoms with E-state index in [1.54, 1.807) is 0 Å². The SMILES string of the molecule is NC(=S)n1[nH]c(=O)c2cc(F)c(F)cc2c1=O. The van der Waals surface area contributed by atoms with E-state index in [-0.39, 0.29) is 10.8 Å². The molecule has 1 heterocycles. The molecule has 1 aromatic carbocycles. The van der Waals surface area contributed by atoms with Gasteiger partial charge in [-0.2, -0.15) is 4.68 Å². The van der Waals surface area contributed by atoms with Crippen molar-refractivity contribution in [2.45, 2.75) is 0 Å². The van der Waals surface area contributed by atoms with Gasteiger partial charge in [0.25, 0.3) is 11.1 Å². The summed E-state index contributed by atoms with van der Waals surface area (Å²) in [6.07, 6.45) is 0. The highest BCUT2D eigenvalue weighted by Gasteiger charge is 2.12. The summed E-state index contributed by atoms with van der Waals surface area (Å²) in [7, 11) is 0. The third kappa shape index (κ3) is 1.72. The van der Waals surface area contributed by atoms with Gasteiger partial charge in [0.2, 0.25) is 0 Å². The Balaban J connectivity index is 3.05. The Hall–Kier alpha value is -2.09. The number of hydrogen-bond donors (Lipinski definition) is 2. The van der Waals surface area contributed by atoms with Gasteiger partial charge >= 0.3 is 0 Å². The molecule has 8 heteroatoms. The van der Waals surface area contributed by atoms with Crippen molar-refractivity contribution in [1.29, 1.82) is 0 Å². The molecular formula is C9H5F2N3O2S. The van der Waals surface area contributed by atoms with E-state index in [0.717, 1.165) is 0 Å². The molecule has 0 fully saturated rings. The van der Waals surface area contributed by atoms with Crippen molar-refractivity contribution in [3.8, 4) is 0 Å². The summed E-state index contributed by atoms with van der Waals surface area (Å²) in [6, 6.07) is 1.28. The number of thiocarbonyl (C=S) groups is 1. The van der Waals surface area contributed by atoms with Crippen molar-refractivity contribution in [3.05, 3.63) is 44.5 Å². The van der Waals surface area contributed by atoms with Crippen LogP contribution in [0.25, 0.3) is 10.8 Å². The number of fused-ring (bicyclic) bond motifs is 1. The normalized spacial score (nSPS) is 10.7. The predicted molar refractivity (Wildman–Crippen MR) is 60.9 cm³/mol. The number of halogens is 2. The largest absolute Gasteiger partial charge is 0.374 e. The molecule has 2 aromatic rings. The molecule has 0 bridgehead atoms. The minimum absolute atomic E-state index is 0.263. The van der Waals surface area contributed by atoms with Gasteiger partial charge in [-0.25, -0.2) is 8.78 Å². The van der Waals surface area contributed by atoms with Crippen molar-refractivity contribution >= 4 is 28.1 Å². The van der Waals surface area contributed by atoms with Gasteiger partial charge in [0.15, 0.2) is 16.7 Å². The van der Waals surface area contributed by atoms with Crippen molar-refractivity contribution < 1.29 is 8.78 Å². The number of nitrogens with one attached hydrogen (secondary N) is 1. The highest BCUT2D eigenvalue weighted by Crippen LogP contribution is 2.11. The van der Waals surface area contributed by atoms with Crippen LogP contribution in [-0.2, 0) is 0 Å². The zero-order chi connectivity index (χ0) is 12.7. The number of H-pyrrole nitrogens is 1. The first-order chi connectivity index (χ1) is 7.91. The summed E-state index contributed by atoms with van der Waals surface area (Å²) < 4.78 is 26.5. The van der Waals surface area contributed by atoms with Crippen LogP contribution in [0.4, 0.5) is 8.78 Å². The van der Waals surface area contributed by atoms with E-state index in [1.165, 1.54) is 0 Å². The third-order valence-corrected chi connectivity index (χ3v) is 2.35. The minimum Gasteiger partial charge on any atom is -0.374 e. The lowest BCUT2D eigenvalue weighted by atomic mass is 10.2. The van der Waals surface area contributed by atoms with E-state index in [2.05, 4.69) is 17.3 Å². The lowest BCUT2D eigenvalue weighted by molar-refractivity contribution is 0.510. The molecule has 0 aliphatic rings. The molecule has 88 valence electrons. The molecular weight excluding hydrogens is 252 g/mol. The standard InChI is InChI=1S/C9H5F2N3O2S/c10-5-1-3-4(2-6(5)11)8(16)14(9(12)17)13-7(3)15/h1-2H,(H2,12,17)(H,13,15). The van der Waals surface area contributed by atoms with Crippen LogP contribution in [-0.4, -0.2) is 14.9 Å². The fraction of sp³-hybridized carbons (Fsp3) is 0. The average Bonchev–Trinajstić information content (AvgIpc) is 2.25. The number of nitrogens with two attached hydrogens (primary N) is 1. The topological polar surface area (TPSA) is 80.9 Å². The fourth-order valence-corrected chi connectivity index (χ4v) is 1.53. The van der Waals surface area contributed by atoms with Gasteiger partial charge in [0, 0.05) is 0 Å². The third-order valence-electron chi connectivity index (χ3n) is 2.17. The summed E-state index contributed by atoms with van der Waals surface area (Å²) in [5.41, 5.74) is 3.60. The van der Waals surface area contributed by atoms with Gasteiger partial charge in [-0.05, 0) is 24.4 Å². The molecule has 1 aromatic heterocycles. The molecule has 17 heavy (non-hydrogen) atoms. The van der Waals surface area contributed by atoms with Crippen LogP contribution in [0, 0.1) is 11.6 Å². The van der Waals surface area contributed by atoms with E-state index in [1.807, 2.05) is 0 Å². The summed E-state index contributed by atoms with van der Waals surface area (Å²) in [5, 5.41) is 1.11. The number of aromatic amines is 1. The number of nitrogens with zero attached hydrogens (tertiary/aromatic N) is 1. The summed E-state index contributed by atoms with van der Waals surface area (Å²) in [5.74, 6) is -2.44. The van der Waals surface area contributed by atoms with Gasteiger partial charge in [-0.1, -0.05) is 0 Å². The molecule has 0 aliphatic carbocycles. The van der Waals surface area contributed by atoms with Gasteiger partial charge in [0.05, 0.1) is 10.8 Å². The lowest BCUT2D eigenvalue weighted by Gasteiger charge is -2.04. The highest BCUT2D eigenvalue weighted by molar-refractivity contribution is 7.80. The molecule has 0 aliphatic heterocycles. The second-order valence-corrected chi connectivity index (χ2v) is 3.65. The number of hydrogen-bond acceptors (Lipinski definition) is 3. The Bertz CT molecular complexity index is 750. The second-order valence-electron chi connectivity index (χ2n) is 3.23. The van der Waals surface area contributed by atoms with Crippen LogP contribution < -0.4 is 16.9 Å². The summed E-state index contributed by atoms with van der Waals surface area (Å²) in [6.45, 7) is 0. The molecule has 0 amide bonds. The van der Waals surface area contributed by atoms with Crippen molar-refractivity contribution in [2.24, 2.45) is 5.73 Å². The average molecular weight is 257 g/mol. The number of aromatic nitrogens is 2. The van der Waals surface area contributed by atoms with Gasteiger partial charge in [0.1, 0.15) is 0 Å². The summed E-state index contributed by atoms with van der Waals surface area (Å²) in [4.78, 5) is 23.2. The first-order valence-electron chi connectivity index (χ1n) is 4.35. The minimum atomic E-state index is -1.23. The maximum Gasteiger partial charge on any atom is 0.279 e. The van der Waals surface area contributed by atoms with Gasteiger partial charge < -0.3 is 5.73 Å². The van der Waals surface area contributed by atoms with E-state index in [9.17, 15) is 18.4 Å². The predicted octanol–water partition coefficient (Wildman–Crippen LogP) is 0.0597. The Morgan fingerprint density at radius 1 is 1.24 bits per heavy atom. The monoisotopic (exact) mass is 257 g/mol. The van der Waals surface area contributed by atoms with Crippen molar-refractivity contribution in [1.82, 2.24) is 9.78 Å². The zero-order valence-electron chi connectivity index (χ0n) is 8.16. The molecule has 3 N–H and O–H groups in total. The van der Waals surface area contributed by atoms with Crippen LogP contribution in [0.3, 0.4) is 0 Å². The quantitative estimate of drug-likeness (QED) is 0.654. The van der Waals surface area contributed by atoms with Crippen LogP contribution in [0.2, 0.25) is 0 Å². The van der Waals surface area contributed by atoms with Crippen LogP contribution >= 0.6 is 12.2 Å². The fourth-order valence-electron chi connectivity index (χ4n) is 1.40. The highest BCUT2D eigenvalue weighted by atomic mass is 32.1. The molecule has 0 spiro atoms. The van der Waals surface area contributed by atoms with Crippen LogP contribution in [0.1, 0.15) is 0 Å².